The van der Waals surface area contributed by atoms with Crippen LogP contribution in [0.3, 0.4) is 0 Å². The van der Waals surface area contributed by atoms with Gasteiger partial charge < -0.3 is 4.74 Å². The van der Waals surface area contributed by atoms with E-state index in [2.05, 4.69) is 0 Å². The molecule has 1 aliphatic carbocycles. The first-order valence-electron chi connectivity index (χ1n) is 6.23. The second-order valence-corrected chi connectivity index (χ2v) is 4.72. The Labute approximate surface area is 105 Å². The second kappa shape index (κ2) is 6.05. The summed E-state index contributed by atoms with van der Waals surface area (Å²) in [5.41, 5.74) is 0.153. The number of hydrogen-bond donors (Lipinski definition) is 0. The van der Waals surface area contributed by atoms with E-state index >= 15 is 0 Å². The molecule has 1 aliphatic rings. The standard InChI is InChI=1S/C14H16F2O2/c15-12-6-5-11(7-13(12)16)14(17)9-18-8-10-3-1-2-4-10/h5-7,10H,1-4,8-9H2. The molecule has 2 nitrogen and oxygen atoms in total. The maximum Gasteiger partial charge on any atom is 0.188 e. The van der Waals surface area contributed by atoms with Crippen molar-refractivity contribution in [1.82, 2.24) is 0 Å². The molecule has 98 valence electrons. The van der Waals surface area contributed by atoms with Gasteiger partial charge in [-0.05, 0) is 37.0 Å². The molecule has 0 atom stereocenters. The lowest BCUT2D eigenvalue weighted by molar-refractivity contribution is 0.0681. The number of Topliss-reactive ketones (excluding diaryl/α,β-unsaturated/α-hetero) is 1. The molecule has 0 aliphatic heterocycles. The van der Waals surface area contributed by atoms with Crippen LogP contribution in [0.2, 0.25) is 0 Å². The maximum absolute atomic E-state index is 12.9. The summed E-state index contributed by atoms with van der Waals surface area (Å²) < 4.78 is 31.0. The van der Waals surface area contributed by atoms with E-state index in [0.29, 0.717) is 12.5 Å². The van der Waals surface area contributed by atoms with E-state index in [1.165, 1.54) is 18.9 Å². The number of rotatable bonds is 5. The Kier molecular flexibility index (Phi) is 4.42. The minimum Gasteiger partial charge on any atom is -0.373 e. The lowest BCUT2D eigenvalue weighted by Crippen LogP contribution is -2.13. The summed E-state index contributed by atoms with van der Waals surface area (Å²) in [6, 6.07) is 3.15. The lowest BCUT2D eigenvalue weighted by Gasteiger charge is -2.09. The van der Waals surface area contributed by atoms with Crippen LogP contribution < -0.4 is 0 Å². The Hall–Kier alpha value is -1.29. The van der Waals surface area contributed by atoms with Crippen molar-refractivity contribution < 1.29 is 18.3 Å². The smallest absolute Gasteiger partial charge is 0.188 e. The quantitative estimate of drug-likeness (QED) is 0.753. The van der Waals surface area contributed by atoms with Gasteiger partial charge in [0.1, 0.15) is 6.61 Å². The van der Waals surface area contributed by atoms with E-state index in [4.69, 9.17) is 4.74 Å². The van der Waals surface area contributed by atoms with Crippen molar-refractivity contribution in [2.45, 2.75) is 25.7 Å². The minimum absolute atomic E-state index is 0.0679. The number of hydrogen-bond acceptors (Lipinski definition) is 2. The van der Waals surface area contributed by atoms with Crippen molar-refractivity contribution in [3.63, 3.8) is 0 Å². The zero-order valence-electron chi connectivity index (χ0n) is 10.1. The number of halogens is 2. The highest BCUT2D eigenvalue weighted by Crippen LogP contribution is 2.24. The van der Waals surface area contributed by atoms with Gasteiger partial charge in [0.05, 0.1) is 6.61 Å². The summed E-state index contributed by atoms with van der Waals surface area (Å²) in [6.07, 6.45) is 4.76. The van der Waals surface area contributed by atoms with E-state index in [9.17, 15) is 13.6 Å². The Morgan fingerprint density at radius 2 is 1.94 bits per heavy atom. The predicted octanol–water partition coefficient (Wildman–Crippen LogP) is 3.35. The van der Waals surface area contributed by atoms with Gasteiger partial charge in [-0.3, -0.25) is 4.79 Å². The number of ether oxygens (including phenoxy) is 1. The molecule has 0 aromatic heterocycles. The van der Waals surface area contributed by atoms with Crippen LogP contribution in [0.25, 0.3) is 0 Å². The van der Waals surface area contributed by atoms with Crippen LogP contribution in [-0.2, 0) is 4.74 Å². The monoisotopic (exact) mass is 254 g/mol. The third kappa shape index (κ3) is 3.35. The van der Waals surface area contributed by atoms with E-state index in [1.54, 1.807) is 0 Å². The first-order chi connectivity index (χ1) is 8.66. The summed E-state index contributed by atoms with van der Waals surface area (Å²) in [7, 11) is 0. The van der Waals surface area contributed by atoms with E-state index in [0.717, 1.165) is 25.0 Å². The van der Waals surface area contributed by atoms with Gasteiger partial charge in [0.2, 0.25) is 0 Å². The third-order valence-corrected chi connectivity index (χ3v) is 3.30. The van der Waals surface area contributed by atoms with E-state index in [-0.39, 0.29) is 18.0 Å². The molecule has 2 rings (SSSR count). The molecule has 0 saturated heterocycles. The zero-order valence-corrected chi connectivity index (χ0v) is 10.1. The molecule has 0 amide bonds. The largest absolute Gasteiger partial charge is 0.373 e. The summed E-state index contributed by atoms with van der Waals surface area (Å²) in [4.78, 5) is 11.7. The minimum atomic E-state index is -1.00. The van der Waals surface area contributed by atoms with Crippen LogP contribution in [0.4, 0.5) is 8.78 Å². The molecule has 0 heterocycles. The van der Waals surface area contributed by atoms with E-state index < -0.39 is 11.6 Å². The molecule has 1 fully saturated rings. The van der Waals surface area contributed by atoms with Gasteiger partial charge in [0.25, 0.3) is 0 Å². The molecule has 0 N–H and O–H groups in total. The Bertz CT molecular complexity index is 426. The van der Waals surface area contributed by atoms with Gasteiger partial charge in [-0.25, -0.2) is 8.78 Å². The number of carbonyl (C=O) groups excluding carboxylic acids is 1. The van der Waals surface area contributed by atoms with Gasteiger partial charge in [0, 0.05) is 5.56 Å². The topological polar surface area (TPSA) is 26.3 Å². The number of benzene rings is 1. The highest BCUT2D eigenvalue weighted by Gasteiger charge is 2.16. The number of carbonyl (C=O) groups is 1. The first kappa shape index (κ1) is 13.1. The molecule has 18 heavy (non-hydrogen) atoms. The SMILES string of the molecule is O=C(COCC1CCCC1)c1ccc(F)c(F)c1. The van der Waals surface area contributed by atoms with Crippen LogP contribution >= 0.6 is 0 Å². The average Bonchev–Trinajstić information content (AvgIpc) is 2.85. The molecule has 0 unspecified atom stereocenters. The summed E-state index contributed by atoms with van der Waals surface area (Å²) in [6.45, 7) is 0.511. The van der Waals surface area contributed by atoms with Crippen LogP contribution in [0, 0.1) is 17.6 Å². The van der Waals surface area contributed by atoms with Gasteiger partial charge in [-0.15, -0.1) is 0 Å². The van der Waals surface area contributed by atoms with Gasteiger partial charge in [-0.2, -0.15) is 0 Å². The van der Waals surface area contributed by atoms with Crippen molar-refractivity contribution in [3.05, 3.63) is 35.4 Å². The van der Waals surface area contributed by atoms with Crippen LogP contribution in [0.5, 0.6) is 0 Å². The normalized spacial score (nSPS) is 16.1. The molecule has 1 aromatic rings. The van der Waals surface area contributed by atoms with Gasteiger partial charge >= 0.3 is 0 Å². The number of ketones is 1. The second-order valence-electron chi connectivity index (χ2n) is 4.72. The molecule has 4 heteroatoms. The van der Waals surface area contributed by atoms with Gasteiger partial charge in [-0.1, -0.05) is 12.8 Å². The van der Waals surface area contributed by atoms with Crippen LogP contribution in [0.15, 0.2) is 18.2 Å². The molecule has 0 radical (unpaired) electrons. The molecule has 0 spiro atoms. The highest BCUT2D eigenvalue weighted by atomic mass is 19.2. The van der Waals surface area contributed by atoms with Crippen molar-refractivity contribution in [2.24, 2.45) is 5.92 Å². The summed E-state index contributed by atoms with van der Waals surface area (Å²) in [5, 5.41) is 0. The van der Waals surface area contributed by atoms with Crippen LogP contribution in [-0.4, -0.2) is 19.0 Å². The van der Waals surface area contributed by atoms with Crippen molar-refractivity contribution in [2.75, 3.05) is 13.2 Å². The highest BCUT2D eigenvalue weighted by molar-refractivity contribution is 5.97. The fourth-order valence-corrected chi connectivity index (χ4v) is 2.25. The fourth-order valence-electron chi connectivity index (χ4n) is 2.25. The maximum atomic E-state index is 12.9. The lowest BCUT2D eigenvalue weighted by atomic mass is 10.1. The molecule has 1 saturated carbocycles. The molecular weight excluding hydrogens is 238 g/mol. The Morgan fingerprint density at radius 3 is 2.61 bits per heavy atom. The first-order valence-corrected chi connectivity index (χ1v) is 6.23. The average molecular weight is 254 g/mol. The van der Waals surface area contributed by atoms with Crippen molar-refractivity contribution in [3.8, 4) is 0 Å². The fraction of sp³-hybridized carbons (Fsp3) is 0.500. The molecule has 0 bridgehead atoms. The van der Waals surface area contributed by atoms with E-state index in [1.807, 2.05) is 0 Å². The van der Waals surface area contributed by atoms with Crippen LogP contribution in [0.1, 0.15) is 36.0 Å². The predicted molar refractivity (Wildman–Crippen MR) is 63.5 cm³/mol. The Morgan fingerprint density at radius 1 is 1.22 bits per heavy atom. The third-order valence-electron chi connectivity index (χ3n) is 3.30. The molecular formula is C14H16F2O2. The van der Waals surface area contributed by atoms with Gasteiger partial charge in [0.15, 0.2) is 17.4 Å². The molecule has 1 aromatic carbocycles. The van der Waals surface area contributed by atoms with Crippen molar-refractivity contribution in [1.29, 1.82) is 0 Å². The van der Waals surface area contributed by atoms with Crippen molar-refractivity contribution >= 4 is 5.78 Å². The summed E-state index contributed by atoms with van der Waals surface area (Å²) in [5.74, 6) is -1.72. The zero-order chi connectivity index (χ0) is 13.0. The Balaban J connectivity index is 1.81. The summed E-state index contributed by atoms with van der Waals surface area (Å²) >= 11 is 0.